The molecule has 0 fully saturated rings. The van der Waals surface area contributed by atoms with Gasteiger partial charge in [0, 0.05) is 10.9 Å². The molecule has 1 aromatic carbocycles. The molecule has 0 heterocycles. The van der Waals surface area contributed by atoms with Gasteiger partial charge in [-0.05, 0) is 109 Å². The third-order valence-electron chi connectivity index (χ3n) is 5.37. The molecule has 1 heteroatoms. The molecule has 0 atom stereocenters. The summed E-state index contributed by atoms with van der Waals surface area (Å²) in [6, 6.07) is 6.21. The van der Waals surface area contributed by atoms with Crippen LogP contribution >= 0.6 is 0 Å². The molecular weight excluding hydrogens is 506 g/mol. The molecule has 0 bridgehead atoms. The zero-order valence-electron chi connectivity index (χ0n) is 31.1. The first-order valence-electron chi connectivity index (χ1n) is 15.7. The van der Waals surface area contributed by atoms with Crippen LogP contribution in [0.5, 0.6) is 0 Å². The van der Waals surface area contributed by atoms with Crippen molar-refractivity contribution in [2.75, 3.05) is 0 Å². The second kappa shape index (κ2) is 32.3. The van der Waals surface area contributed by atoms with Gasteiger partial charge in [0.15, 0.2) is 0 Å². The summed E-state index contributed by atoms with van der Waals surface area (Å²) in [5, 5.41) is 2.00. The molecule has 1 aromatic rings. The van der Waals surface area contributed by atoms with Gasteiger partial charge in [0.1, 0.15) is 0 Å². The molecular formula is C41H69N. The minimum Gasteiger partial charge on any atom is -0.252 e. The highest BCUT2D eigenvalue weighted by atomic mass is 14.8. The van der Waals surface area contributed by atoms with Crippen LogP contribution in [-0.4, -0.2) is 5.71 Å². The molecule has 0 saturated carbocycles. The SMILES string of the molecule is C/C=C\C(CC)=C(C)C.C=C(C)\C(C)=C/C(=C\C)C(/C)=N/C(C(=C)C)=c1/cc(C)ccc1=C.C=CC.CC.CC.CC. The van der Waals surface area contributed by atoms with Gasteiger partial charge in [0.05, 0.1) is 5.70 Å². The van der Waals surface area contributed by atoms with E-state index in [0.717, 1.165) is 50.6 Å². The maximum absolute atomic E-state index is 4.88. The van der Waals surface area contributed by atoms with Gasteiger partial charge in [-0.1, -0.05) is 127 Å². The van der Waals surface area contributed by atoms with Crippen LogP contribution in [0.15, 0.2) is 107 Å². The summed E-state index contributed by atoms with van der Waals surface area (Å²) in [7, 11) is 0. The third-order valence-corrected chi connectivity index (χ3v) is 5.37. The van der Waals surface area contributed by atoms with Crippen LogP contribution < -0.4 is 10.4 Å². The van der Waals surface area contributed by atoms with Crippen LogP contribution in [0.25, 0.3) is 12.3 Å². The van der Waals surface area contributed by atoms with Gasteiger partial charge in [-0.2, -0.15) is 0 Å². The zero-order chi connectivity index (χ0) is 34.4. The van der Waals surface area contributed by atoms with Gasteiger partial charge < -0.3 is 0 Å². The first-order valence-corrected chi connectivity index (χ1v) is 15.7. The molecule has 1 rings (SSSR count). The lowest BCUT2D eigenvalue weighted by molar-refractivity contribution is 1.10. The average molecular weight is 576 g/mol. The van der Waals surface area contributed by atoms with Crippen molar-refractivity contribution in [3.05, 3.63) is 118 Å². The van der Waals surface area contributed by atoms with Crippen molar-refractivity contribution in [3.63, 3.8) is 0 Å². The Morgan fingerprint density at radius 2 is 1.31 bits per heavy atom. The van der Waals surface area contributed by atoms with Gasteiger partial charge >= 0.3 is 0 Å². The lowest BCUT2D eigenvalue weighted by Crippen LogP contribution is -2.26. The van der Waals surface area contributed by atoms with Crippen LogP contribution in [0.1, 0.15) is 123 Å². The Kier molecular flexibility index (Phi) is 37.4. The lowest BCUT2D eigenvalue weighted by atomic mass is 10.0. The molecule has 0 aromatic heterocycles. The number of aryl methyl sites for hydroxylation is 1. The van der Waals surface area contributed by atoms with Crippen LogP contribution in [-0.2, 0) is 0 Å². The van der Waals surface area contributed by atoms with E-state index in [2.05, 4.69) is 104 Å². The van der Waals surface area contributed by atoms with Crippen LogP contribution in [0.2, 0.25) is 0 Å². The zero-order valence-corrected chi connectivity index (χ0v) is 31.1. The topological polar surface area (TPSA) is 12.4 Å². The fraction of sp³-hybridized carbons (Fsp3) is 0.439. The van der Waals surface area contributed by atoms with E-state index >= 15 is 0 Å². The van der Waals surface area contributed by atoms with E-state index in [0.29, 0.717) is 0 Å². The van der Waals surface area contributed by atoms with Crippen molar-refractivity contribution in [3.8, 4) is 0 Å². The molecule has 0 aliphatic carbocycles. The Balaban J connectivity index is -0.000000210. The fourth-order valence-corrected chi connectivity index (χ4v) is 3.12. The van der Waals surface area contributed by atoms with E-state index in [4.69, 9.17) is 4.99 Å². The average Bonchev–Trinajstić information content (AvgIpc) is 2.97. The summed E-state index contributed by atoms with van der Waals surface area (Å²) in [6.45, 7) is 50.2. The smallest absolute Gasteiger partial charge is 0.0734 e. The fourth-order valence-electron chi connectivity index (χ4n) is 3.12. The largest absolute Gasteiger partial charge is 0.252 e. The van der Waals surface area contributed by atoms with Gasteiger partial charge in [0.25, 0.3) is 0 Å². The van der Waals surface area contributed by atoms with Crippen molar-refractivity contribution in [1.82, 2.24) is 0 Å². The molecule has 42 heavy (non-hydrogen) atoms. The van der Waals surface area contributed by atoms with Crippen LogP contribution in [0.4, 0.5) is 0 Å². The summed E-state index contributed by atoms with van der Waals surface area (Å²) in [6.07, 6.45) is 11.4. The minimum atomic E-state index is 0.891. The molecule has 0 aliphatic heterocycles. The van der Waals surface area contributed by atoms with Crippen LogP contribution in [0, 0.1) is 6.92 Å². The van der Waals surface area contributed by atoms with Crippen molar-refractivity contribution in [2.24, 2.45) is 4.99 Å². The summed E-state index contributed by atoms with van der Waals surface area (Å²) < 4.78 is 0. The normalized spacial score (nSPS) is 11.2. The predicted octanol–water partition coefficient (Wildman–Crippen LogP) is 12.6. The number of allylic oxidation sites excluding steroid dienone is 10. The molecule has 0 amide bonds. The standard InChI is InChI=1S/C23H29N.C9H16.C3H6.3C2H6/c1-10-21(14-19(8)15(2)3)20(9)24-23(16(4)5)22-13-17(6)11-12-18(22)7;1-5-7-9(6-2)8(3)4;1-3-2;3*1-2/h10-14H,2,4,7H2,1,3,5-6,8-9H3;5,7H,6H2,1-4H3;3H,1H2,2H3;3*1-2H3/b19-14-,21-10+,23-22-,24-20+;7-5-;;;;. The summed E-state index contributed by atoms with van der Waals surface area (Å²) in [4.78, 5) is 4.88. The minimum absolute atomic E-state index is 0.891. The first-order chi connectivity index (χ1) is 19.8. The molecule has 0 N–H and O–H groups in total. The number of hydrogen-bond acceptors (Lipinski definition) is 1. The van der Waals surface area contributed by atoms with Crippen molar-refractivity contribution in [2.45, 2.75) is 124 Å². The highest BCUT2D eigenvalue weighted by Gasteiger charge is 2.04. The van der Waals surface area contributed by atoms with Gasteiger partial charge in [-0.25, -0.2) is 0 Å². The third kappa shape index (κ3) is 23.5. The summed E-state index contributed by atoms with van der Waals surface area (Å²) in [5.74, 6) is 0. The summed E-state index contributed by atoms with van der Waals surface area (Å²) >= 11 is 0. The number of aliphatic imine (C=N–C) groups is 1. The Hall–Kier alpha value is -3.19. The molecule has 0 unspecified atom stereocenters. The molecule has 0 radical (unpaired) electrons. The summed E-state index contributed by atoms with van der Waals surface area (Å²) in [5.41, 5.74) is 10.2. The van der Waals surface area contributed by atoms with E-state index in [9.17, 15) is 0 Å². The number of nitrogens with zero attached hydrogens (tertiary/aromatic N) is 1. The number of rotatable bonds is 7. The van der Waals surface area contributed by atoms with Gasteiger partial charge in [-0.3, -0.25) is 4.99 Å². The monoisotopic (exact) mass is 576 g/mol. The molecule has 0 saturated heterocycles. The first kappa shape index (κ1) is 48.5. The van der Waals surface area contributed by atoms with Crippen molar-refractivity contribution in [1.29, 1.82) is 0 Å². The van der Waals surface area contributed by atoms with Gasteiger partial charge in [-0.15, -0.1) is 6.58 Å². The Bertz CT molecular complexity index is 1150. The highest BCUT2D eigenvalue weighted by Crippen LogP contribution is 2.15. The van der Waals surface area contributed by atoms with E-state index in [-0.39, 0.29) is 0 Å². The molecule has 0 spiro atoms. The van der Waals surface area contributed by atoms with Crippen molar-refractivity contribution >= 4 is 18.0 Å². The van der Waals surface area contributed by atoms with Crippen LogP contribution in [0.3, 0.4) is 0 Å². The molecule has 0 aliphatic rings. The van der Waals surface area contributed by atoms with Gasteiger partial charge in [0.2, 0.25) is 0 Å². The Labute approximate surface area is 264 Å². The maximum Gasteiger partial charge on any atom is 0.0734 e. The highest BCUT2D eigenvalue weighted by molar-refractivity contribution is 6.03. The van der Waals surface area contributed by atoms with Crippen molar-refractivity contribution < 1.29 is 0 Å². The number of benzene rings is 1. The second-order valence-electron chi connectivity index (χ2n) is 9.13. The van der Waals surface area contributed by atoms with E-state index in [1.807, 2.05) is 82.2 Å². The maximum atomic E-state index is 4.88. The number of hydrogen-bond donors (Lipinski definition) is 0. The van der Waals surface area contributed by atoms with E-state index < -0.39 is 0 Å². The quantitative estimate of drug-likeness (QED) is 0.174. The molecule has 238 valence electrons. The lowest BCUT2D eigenvalue weighted by Gasteiger charge is -2.08. The molecule has 1 nitrogen and oxygen atoms in total. The predicted molar refractivity (Wildman–Crippen MR) is 203 cm³/mol. The van der Waals surface area contributed by atoms with E-state index in [1.165, 1.54) is 16.7 Å². The van der Waals surface area contributed by atoms with E-state index in [1.54, 1.807) is 6.08 Å². The Morgan fingerprint density at radius 1 is 0.833 bits per heavy atom. The second-order valence-corrected chi connectivity index (χ2v) is 9.13. The Morgan fingerprint density at radius 3 is 1.62 bits per heavy atom.